The first kappa shape index (κ1) is 31.2. The summed E-state index contributed by atoms with van der Waals surface area (Å²) in [6.07, 6.45) is -3.45. The maximum Gasteiger partial charge on any atom is 0.434 e. The second-order valence-corrected chi connectivity index (χ2v) is 12.4. The number of nitrogens with zero attached hydrogens (tertiary/aromatic N) is 2. The largest absolute Gasteiger partial charge is 0.487 e. The lowest BCUT2D eigenvalue weighted by Gasteiger charge is -2.26. The molecule has 0 saturated heterocycles. The van der Waals surface area contributed by atoms with Crippen LogP contribution in [0, 0.1) is 0 Å². The molecule has 1 aliphatic heterocycles. The maximum atomic E-state index is 14.3. The van der Waals surface area contributed by atoms with Crippen molar-refractivity contribution < 1.29 is 27.4 Å². The van der Waals surface area contributed by atoms with Gasteiger partial charge in [-0.1, -0.05) is 65.4 Å². The van der Waals surface area contributed by atoms with Gasteiger partial charge in [-0.3, -0.25) is 9.36 Å². The average molecular weight is 757 g/mol. The summed E-state index contributed by atoms with van der Waals surface area (Å²) in [6.45, 7) is 1.64. The normalized spacial score (nSPS) is 15.2. The molecule has 1 atom stereocenters. The van der Waals surface area contributed by atoms with Gasteiger partial charge in [0.05, 0.1) is 31.7 Å². The van der Waals surface area contributed by atoms with E-state index < -0.39 is 35.0 Å². The number of halogens is 6. The molecule has 1 aromatic heterocycles. The van der Waals surface area contributed by atoms with E-state index in [0.29, 0.717) is 31.9 Å². The summed E-state index contributed by atoms with van der Waals surface area (Å²) in [5.74, 6) is -0.675. The Kier molecular flexibility index (Phi) is 9.31. The summed E-state index contributed by atoms with van der Waals surface area (Å²) in [5, 5.41) is 0.334. The molecule has 0 amide bonds. The van der Waals surface area contributed by atoms with Crippen molar-refractivity contribution in [2.45, 2.75) is 25.7 Å². The highest BCUT2D eigenvalue weighted by atomic mass is 79.9. The summed E-state index contributed by atoms with van der Waals surface area (Å²) in [6, 6.07) is 17.5. The first-order chi connectivity index (χ1) is 20.5. The molecule has 2 heterocycles. The number of rotatable bonds is 7. The number of benzene rings is 3. The topological polar surface area (TPSA) is 69.9 Å². The van der Waals surface area contributed by atoms with E-state index in [1.807, 2.05) is 30.3 Å². The molecule has 0 unspecified atom stereocenters. The van der Waals surface area contributed by atoms with Crippen molar-refractivity contribution in [3.05, 3.63) is 128 Å². The van der Waals surface area contributed by atoms with E-state index >= 15 is 0 Å². The summed E-state index contributed by atoms with van der Waals surface area (Å²) < 4.78 is 56.3. The summed E-state index contributed by atoms with van der Waals surface area (Å²) in [5.41, 5.74) is -1.03. The van der Waals surface area contributed by atoms with Gasteiger partial charge in [-0.05, 0) is 85.8 Å². The van der Waals surface area contributed by atoms with E-state index in [-0.39, 0.29) is 21.5 Å². The van der Waals surface area contributed by atoms with Gasteiger partial charge in [0.1, 0.15) is 12.4 Å². The first-order valence-corrected chi connectivity index (χ1v) is 15.5. The number of ether oxygens (including phenoxy) is 2. The van der Waals surface area contributed by atoms with Crippen LogP contribution < -0.4 is 19.6 Å². The molecule has 0 fully saturated rings. The van der Waals surface area contributed by atoms with Crippen LogP contribution >= 0.6 is 54.8 Å². The van der Waals surface area contributed by atoms with E-state index in [0.717, 1.165) is 21.5 Å². The lowest BCUT2D eigenvalue weighted by molar-refractivity contribution is -0.140. The van der Waals surface area contributed by atoms with E-state index in [1.165, 1.54) is 31.2 Å². The fourth-order valence-corrected chi connectivity index (χ4v) is 7.06. The summed E-state index contributed by atoms with van der Waals surface area (Å²) in [7, 11) is 0. The van der Waals surface area contributed by atoms with Crippen molar-refractivity contribution in [3.8, 4) is 5.75 Å². The third kappa shape index (κ3) is 6.67. The van der Waals surface area contributed by atoms with Crippen LogP contribution in [0.3, 0.4) is 0 Å². The second-order valence-electron chi connectivity index (χ2n) is 9.20. The number of allylic oxidation sites excluding steroid dienone is 1. The zero-order chi connectivity index (χ0) is 30.9. The predicted octanol–water partition coefficient (Wildman–Crippen LogP) is 7.10. The first-order valence-electron chi connectivity index (χ1n) is 12.7. The highest BCUT2D eigenvalue weighted by Crippen LogP contribution is 2.39. The number of thiazole rings is 1. The van der Waals surface area contributed by atoms with E-state index in [2.05, 4.69) is 36.9 Å². The number of fused-ring (bicyclic) bond motifs is 1. The Balaban J connectivity index is 1.63. The minimum atomic E-state index is -4.99. The SMILES string of the molecule is CCOC(=O)C1=C(C(F)(F)F)N=c2s/c(=C\c3cc(Br)c(OCc4ccccc4)c(Br)c3)c(=O)n2[C@H]1c1ccc(Cl)cc1. The van der Waals surface area contributed by atoms with Gasteiger partial charge in [-0.15, -0.1) is 0 Å². The number of alkyl halides is 3. The molecule has 0 aliphatic carbocycles. The van der Waals surface area contributed by atoms with Gasteiger partial charge in [0.25, 0.3) is 5.56 Å². The van der Waals surface area contributed by atoms with Crippen LogP contribution in [0.1, 0.15) is 29.7 Å². The lowest BCUT2D eigenvalue weighted by atomic mass is 9.95. The van der Waals surface area contributed by atoms with Crippen molar-refractivity contribution in [1.82, 2.24) is 4.57 Å². The van der Waals surface area contributed by atoms with Crippen LogP contribution in [0.5, 0.6) is 5.75 Å². The summed E-state index contributed by atoms with van der Waals surface area (Å²) in [4.78, 5) is 30.3. The number of hydrogen-bond acceptors (Lipinski definition) is 6. The lowest BCUT2D eigenvalue weighted by Crippen LogP contribution is -2.41. The molecule has 13 heteroatoms. The van der Waals surface area contributed by atoms with Gasteiger partial charge in [-0.2, -0.15) is 13.2 Å². The Bertz CT molecular complexity index is 1880. The minimum Gasteiger partial charge on any atom is -0.487 e. The smallest absolute Gasteiger partial charge is 0.434 e. The molecule has 43 heavy (non-hydrogen) atoms. The molecular formula is C30H20Br2ClF3N2O4S. The van der Waals surface area contributed by atoms with Crippen LogP contribution in [0.4, 0.5) is 13.2 Å². The molecule has 222 valence electrons. The molecule has 4 aromatic rings. The van der Waals surface area contributed by atoms with Crippen molar-refractivity contribution in [1.29, 1.82) is 0 Å². The Labute approximate surface area is 269 Å². The Morgan fingerprint density at radius 2 is 1.74 bits per heavy atom. The number of carbonyl (C=O) groups excluding carboxylic acids is 1. The van der Waals surface area contributed by atoms with Crippen molar-refractivity contribution in [3.63, 3.8) is 0 Å². The van der Waals surface area contributed by atoms with Crippen molar-refractivity contribution >= 4 is 66.8 Å². The van der Waals surface area contributed by atoms with Gasteiger partial charge < -0.3 is 9.47 Å². The highest BCUT2D eigenvalue weighted by Gasteiger charge is 2.45. The third-order valence-electron chi connectivity index (χ3n) is 6.33. The van der Waals surface area contributed by atoms with Crippen molar-refractivity contribution in [2.75, 3.05) is 6.61 Å². The molecular weight excluding hydrogens is 737 g/mol. The quantitative estimate of drug-likeness (QED) is 0.189. The molecule has 1 aliphatic rings. The Morgan fingerprint density at radius 1 is 1.09 bits per heavy atom. The number of carbonyl (C=O) groups is 1. The van der Waals surface area contributed by atoms with Crippen LogP contribution in [0.2, 0.25) is 5.02 Å². The zero-order valence-electron chi connectivity index (χ0n) is 22.1. The van der Waals surface area contributed by atoms with E-state index in [4.69, 9.17) is 21.1 Å². The van der Waals surface area contributed by atoms with Crippen LogP contribution in [-0.2, 0) is 16.1 Å². The third-order valence-corrected chi connectivity index (χ3v) is 8.74. The second kappa shape index (κ2) is 12.8. The standard InChI is InChI=1S/C30H20Br2ClF3N2O4S/c1-2-41-28(40)23-24(18-8-10-19(33)11-9-18)38-27(39)22(43-29(38)37-26(23)30(34,35)36)14-17-12-20(31)25(21(32)13-17)42-15-16-6-4-3-5-7-16/h3-14,24H,2,15H2,1H3/b22-14-/t24-/m0/s1. The zero-order valence-corrected chi connectivity index (χ0v) is 26.9. The molecule has 0 bridgehead atoms. The van der Waals surface area contributed by atoms with Gasteiger partial charge in [0.15, 0.2) is 10.5 Å². The van der Waals surface area contributed by atoms with E-state index in [9.17, 15) is 22.8 Å². The monoisotopic (exact) mass is 754 g/mol. The summed E-state index contributed by atoms with van der Waals surface area (Å²) >= 11 is 13.8. The molecule has 0 saturated carbocycles. The van der Waals surface area contributed by atoms with Gasteiger partial charge in [0.2, 0.25) is 0 Å². The molecule has 0 N–H and O–H groups in total. The van der Waals surface area contributed by atoms with Crippen LogP contribution in [0.15, 0.2) is 96.7 Å². The minimum absolute atomic E-state index is 0.112. The molecule has 5 rings (SSSR count). The van der Waals surface area contributed by atoms with Crippen LogP contribution in [-0.4, -0.2) is 23.3 Å². The van der Waals surface area contributed by atoms with Crippen LogP contribution in [0.25, 0.3) is 6.08 Å². The van der Waals surface area contributed by atoms with Gasteiger partial charge in [-0.25, -0.2) is 9.79 Å². The molecule has 3 aromatic carbocycles. The Morgan fingerprint density at radius 3 is 2.35 bits per heavy atom. The fourth-order valence-electron chi connectivity index (χ4n) is 4.48. The number of hydrogen-bond donors (Lipinski definition) is 0. The molecule has 0 spiro atoms. The number of esters is 1. The van der Waals surface area contributed by atoms with Crippen molar-refractivity contribution in [2.24, 2.45) is 4.99 Å². The molecule has 0 radical (unpaired) electrons. The maximum absolute atomic E-state index is 14.3. The molecule has 6 nitrogen and oxygen atoms in total. The van der Waals surface area contributed by atoms with Gasteiger partial charge >= 0.3 is 12.1 Å². The predicted molar refractivity (Wildman–Crippen MR) is 165 cm³/mol. The Hall–Kier alpha value is -3.19. The number of aromatic nitrogens is 1. The fraction of sp³-hybridized carbons (Fsp3) is 0.167. The highest BCUT2D eigenvalue weighted by molar-refractivity contribution is 9.11. The van der Waals surface area contributed by atoms with Gasteiger partial charge in [0, 0.05) is 5.02 Å². The average Bonchev–Trinajstić information content (AvgIpc) is 3.26. The van der Waals surface area contributed by atoms with E-state index in [1.54, 1.807) is 18.2 Å².